The molecule has 0 aliphatic carbocycles. The summed E-state index contributed by atoms with van der Waals surface area (Å²) in [4.78, 5) is 37.3. The van der Waals surface area contributed by atoms with Gasteiger partial charge in [-0.25, -0.2) is 15.0 Å². The van der Waals surface area contributed by atoms with Gasteiger partial charge in [0.25, 0.3) is 5.91 Å². The predicted molar refractivity (Wildman–Crippen MR) is 171 cm³/mol. The molecule has 1 heterocycles. The number of ether oxygens (including phenoxy) is 5. The first-order valence-corrected chi connectivity index (χ1v) is 14.8. The molecule has 1 aliphatic rings. The van der Waals surface area contributed by atoms with Gasteiger partial charge in [0.05, 0.1) is 43.2 Å². The van der Waals surface area contributed by atoms with Crippen molar-refractivity contribution in [1.82, 2.24) is 16.1 Å². The van der Waals surface area contributed by atoms with E-state index in [1.807, 2.05) is 37.3 Å². The lowest BCUT2D eigenvalue weighted by Crippen LogP contribution is -2.45. The molecule has 3 amide bonds. The van der Waals surface area contributed by atoms with Crippen LogP contribution in [0.2, 0.25) is 5.02 Å². The molecule has 1 aliphatic heterocycles. The zero-order valence-electron chi connectivity index (χ0n) is 25.8. The first-order valence-electron chi connectivity index (χ1n) is 14.4. The monoisotopic (exact) mass is 650 g/mol. The smallest absolute Gasteiger partial charge is 0.338 e. The van der Waals surface area contributed by atoms with Gasteiger partial charge in [-0.1, -0.05) is 48.0 Å². The number of allylic oxidation sites excluding steroid dienone is 1. The van der Waals surface area contributed by atoms with Gasteiger partial charge in [0.1, 0.15) is 6.61 Å². The van der Waals surface area contributed by atoms with Gasteiger partial charge < -0.3 is 34.3 Å². The molecule has 0 fully saturated rings. The van der Waals surface area contributed by atoms with Crippen molar-refractivity contribution in [2.75, 3.05) is 26.9 Å². The molecule has 1 atom stereocenters. The van der Waals surface area contributed by atoms with Gasteiger partial charge in [-0.2, -0.15) is 5.10 Å². The molecule has 0 unspecified atom stereocenters. The van der Waals surface area contributed by atoms with Gasteiger partial charge in [-0.15, -0.1) is 0 Å². The number of carbonyl (C=O) groups is 3. The number of rotatable bonds is 14. The number of nitrogens with one attached hydrogen (secondary N) is 3. The van der Waals surface area contributed by atoms with E-state index in [4.69, 9.17) is 35.3 Å². The van der Waals surface area contributed by atoms with Crippen LogP contribution in [0.1, 0.15) is 43.5 Å². The van der Waals surface area contributed by atoms with Crippen LogP contribution in [0.15, 0.2) is 77.0 Å². The van der Waals surface area contributed by atoms with Crippen molar-refractivity contribution < 1.29 is 38.1 Å². The summed E-state index contributed by atoms with van der Waals surface area (Å²) in [6.45, 7) is 5.69. The van der Waals surface area contributed by atoms with E-state index in [0.717, 1.165) is 5.56 Å². The van der Waals surface area contributed by atoms with Crippen LogP contribution in [0, 0.1) is 0 Å². The lowest BCUT2D eigenvalue weighted by atomic mass is 9.95. The van der Waals surface area contributed by atoms with Crippen molar-refractivity contribution in [3.63, 3.8) is 0 Å². The van der Waals surface area contributed by atoms with Gasteiger partial charge in [0, 0.05) is 5.70 Å². The average Bonchev–Trinajstić information content (AvgIpc) is 3.03. The van der Waals surface area contributed by atoms with Crippen LogP contribution in [0.4, 0.5) is 4.79 Å². The van der Waals surface area contributed by atoms with Crippen molar-refractivity contribution in [2.45, 2.75) is 33.4 Å². The highest BCUT2D eigenvalue weighted by molar-refractivity contribution is 6.32. The third-order valence-corrected chi connectivity index (χ3v) is 6.89. The number of benzene rings is 3. The molecule has 3 aromatic rings. The van der Waals surface area contributed by atoms with Crippen LogP contribution in [0.3, 0.4) is 0 Å². The second-order valence-electron chi connectivity index (χ2n) is 9.82. The summed E-state index contributed by atoms with van der Waals surface area (Å²) in [6, 6.07) is 16.6. The number of halogens is 1. The van der Waals surface area contributed by atoms with Crippen molar-refractivity contribution in [3.05, 3.63) is 93.6 Å². The van der Waals surface area contributed by atoms with Crippen molar-refractivity contribution in [1.29, 1.82) is 0 Å². The normalized spacial score (nSPS) is 14.3. The maximum absolute atomic E-state index is 12.6. The van der Waals surface area contributed by atoms with Gasteiger partial charge in [0.15, 0.2) is 29.6 Å². The third-order valence-electron chi connectivity index (χ3n) is 6.60. The SMILES string of the molecule is CCOC(=O)C1=C(C)NC(=O)N[C@@H]1c1ccc(OCC(=O)N/N=C\c2cc(Cl)c(OCc3ccccc3)c(OCC)c2)c(OC)c1. The molecule has 12 nitrogen and oxygen atoms in total. The Balaban J connectivity index is 1.39. The number of methoxy groups -OCH3 is 1. The number of carbonyl (C=O) groups excluding carboxylic acids is 3. The highest BCUT2D eigenvalue weighted by atomic mass is 35.5. The molecule has 46 heavy (non-hydrogen) atoms. The maximum atomic E-state index is 12.6. The summed E-state index contributed by atoms with van der Waals surface area (Å²) in [5.74, 6) is 0.320. The molecule has 3 N–H and O–H groups in total. The van der Waals surface area contributed by atoms with Gasteiger partial charge in [-0.3, -0.25) is 4.79 Å². The zero-order valence-corrected chi connectivity index (χ0v) is 26.6. The second kappa shape index (κ2) is 16.2. The first kappa shape index (κ1) is 33.7. The molecule has 3 aromatic carbocycles. The van der Waals surface area contributed by atoms with Gasteiger partial charge in [-0.05, 0) is 61.7 Å². The topological polar surface area (TPSA) is 146 Å². The van der Waals surface area contributed by atoms with Gasteiger partial charge in [0.2, 0.25) is 0 Å². The molecule has 0 bridgehead atoms. The summed E-state index contributed by atoms with van der Waals surface area (Å²) in [7, 11) is 1.43. The molecule has 0 aromatic heterocycles. The average molecular weight is 651 g/mol. The Hall–Kier alpha value is -5.23. The molecule has 0 saturated carbocycles. The largest absolute Gasteiger partial charge is 0.493 e. The minimum absolute atomic E-state index is 0.178. The quantitative estimate of drug-likeness (QED) is 0.125. The standard InChI is InChI=1S/C33H35ClN4O8/c1-5-43-27-15-22(14-24(34)31(27)46-18-21-10-8-7-9-11-21)17-35-38-28(39)19-45-25-13-12-23(16-26(25)42-4)30-29(32(40)44-6-2)20(3)36-33(41)37-30/h7-17,30H,5-6,18-19H2,1-4H3,(H,38,39)(H2,36,37,41)/b35-17-/t30-/m1/s1. The highest BCUT2D eigenvalue weighted by Gasteiger charge is 2.32. The Morgan fingerprint density at radius 2 is 1.76 bits per heavy atom. The Bertz CT molecular complexity index is 1630. The lowest BCUT2D eigenvalue weighted by Gasteiger charge is -2.28. The number of hydrazone groups is 1. The van der Waals surface area contributed by atoms with E-state index in [2.05, 4.69) is 21.2 Å². The molecule has 0 radical (unpaired) electrons. The van der Waals surface area contributed by atoms with Crippen LogP contribution >= 0.6 is 11.6 Å². The fraction of sp³-hybridized carbons (Fsp3) is 0.273. The number of amides is 3. The first-order chi connectivity index (χ1) is 22.2. The summed E-state index contributed by atoms with van der Waals surface area (Å²) in [6.07, 6.45) is 1.42. The van der Waals surface area contributed by atoms with Crippen LogP contribution in [0.25, 0.3) is 0 Å². The van der Waals surface area contributed by atoms with Crippen molar-refractivity contribution in [3.8, 4) is 23.0 Å². The number of hydrogen-bond acceptors (Lipinski definition) is 9. The molecule has 13 heteroatoms. The molecule has 0 spiro atoms. The fourth-order valence-electron chi connectivity index (χ4n) is 4.56. The molecule has 4 rings (SSSR count). The maximum Gasteiger partial charge on any atom is 0.338 e. The fourth-order valence-corrected chi connectivity index (χ4v) is 4.83. The predicted octanol–water partition coefficient (Wildman–Crippen LogP) is 5.05. The summed E-state index contributed by atoms with van der Waals surface area (Å²) >= 11 is 6.50. The van der Waals surface area contributed by atoms with Crippen LogP contribution in [-0.4, -0.2) is 51.1 Å². The molecule has 242 valence electrons. The van der Waals surface area contributed by atoms with E-state index >= 15 is 0 Å². The van der Waals surface area contributed by atoms with E-state index in [9.17, 15) is 14.4 Å². The third kappa shape index (κ3) is 8.69. The Morgan fingerprint density at radius 3 is 2.48 bits per heavy atom. The lowest BCUT2D eigenvalue weighted by molar-refractivity contribution is -0.139. The highest BCUT2D eigenvalue weighted by Crippen LogP contribution is 2.37. The van der Waals surface area contributed by atoms with E-state index in [0.29, 0.717) is 46.6 Å². The van der Waals surface area contributed by atoms with Gasteiger partial charge >= 0.3 is 12.0 Å². The van der Waals surface area contributed by atoms with Crippen molar-refractivity contribution >= 4 is 35.7 Å². The van der Waals surface area contributed by atoms with E-state index in [1.165, 1.54) is 13.3 Å². The van der Waals surface area contributed by atoms with Crippen LogP contribution < -0.4 is 35.0 Å². The van der Waals surface area contributed by atoms with Crippen LogP contribution in [-0.2, 0) is 20.9 Å². The van der Waals surface area contributed by atoms with Crippen molar-refractivity contribution in [2.24, 2.45) is 5.10 Å². The minimum Gasteiger partial charge on any atom is -0.493 e. The number of urea groups is 1. The van der Waals surface area contributed by atoms with Crippen LogP contribution in [0.5, 0.6) is 23.0 Å². The molecular weight excluding hydrogens is 616 g/mol. The molecular formula is C33H35ClN4O8. The molecule has 0 saturated heterocycles. The Morgan fingerprint density at radius 1 is 0.978 bits per heavy atom. The Labute approximate surface area is 271 Å². The van der Waals surface area contributed by atoms with E-state index in [1.54, 1.807) is 44.2 Å². The second-order valence-corrected chi connectivity index (χ2v) is 10.2. The number of hydrogen-bond donors (Lipinski definition) is 3. The summed E-state index contributed by atoms with van der Waals surface area (Å²) in [5, 5.41) is 9.66. The number of nitrogens with zero attached hydrogens (tertiary/aromatic N) is 1. The summed E-state index contributed by atoms with van der Waals surface area (Å²) < 4.78 is 28.0. The minimum atomic E-state index is -0.783. The Kier molecular flexibility index (Phi) is 11.8. The summed E-state index contributed by atoms with van der Waals surface area (Å²) in [5.41, 5.74) is 5.17. The number of esters is 1. The van der Waals surface area contributed by atoms with E-state index < -0.39 is 23.9 Å². The van der Waals surface area contributed by atoms with E-state index in [-0.39, 0.29) is 30.3 Å². The zero-order chi connectivity index (χ0) is 33.1.